The molecule has 210 valence electrons. The quantitative estimate of drug-likeness (QED) is 0.232. The number of hydrogen-bond acceptors (Lipinski definition) is 4. The van der Waals surface area contributed by atoms with Crippen molar-refractivity contribution in [1.82, 2.24) is 9.88 Å². The van der Waals surface area contributed by atoms with Crippen LogP contribution in [0, 0.1) is 0 Å². The Bertz CT molecular complexity index is 2100. The Morgan fingerprint density at radius 1 is 0.568 bits per heavy atom. The molecule has 9 rings (SSSR count). The number of benzene rings is 5. The van der Waals surface area contributed by atoms with Gasteiger partial charge in [0.1, 0.15) is 11.7 Å². The van der Waals surface area contributed by atoms with Crippen molar-refractivity contribution in [1.29, 1.82) is 0 Å². The second-order valence-corrected chi connectivity index (χ2v) is 11.4. The van der Waals surface area contributed by atoms with Crippen LogP contribution < -0.4 is 10.2 Å². The molecular formula is C39H29N5. The number of amidine groups is 2. The van der Waals surface area contributed by atoms with Crippen LogP contribution in [0.15, 0.2) is 162 Å². The zero-order chi connectivity index (χ0) is 29.0. The van der Waals surface area contributed by atoms with Gasteiger partial charge in [-0.1, -0.05) is 133 Å². The number of nitrogens with one attached hydrogen (secondary N) is 1. The topological polar surface area (TPSA) is 44.9 Å². The summed E-state index contributed by atoms with van der Waals surface area (Å²) in [6.07, 6.45) is 8.52. The summed E-state index contributed by atoms with van der Waals surface area (Å²) in [5.74, 6) is 1.87. The van der Waals surface area contributed by atoms with E-state index in [2.05, 4.69) is 154 Å². The average molecular weight is 568 g/mol. The Labute approximate surface area is 255 Å². The third-order valence-corrected chi connectivity index (χ3v) is 8.97. The molecular weight excluding hydrogens is 538 g/mol. The molecule has 0 bridgehead atoms. The van der Waals surface area contributed by atoms with Gasteiger partial charge < -0.3 is 10.2 Å². The minimum atomic E-state index is -0.512. The monoisotopic (exact) mass is 567 g/mol. The highest BCUT2D eigenvalue weighted by Gasteiger charge is 2.40. The maximum Gasteiger partial charge on any atom is 0.225 e. The molecule has 6 aromatic rings. The first-order valence-corrected chi connectivity index (χ1v) is 15.1. The summed E-state index contributed by atoms with van der Waals surface area (Å²) in [4.78, 5) is 13.2. The van der Waals surface area contributed by atoms with Crippen LogP contribution in [0.3, 0.4) is 0 Å². The van der Waals surface area contributed by atoms with Gasteiger partial charge in [0.15, 0.2) is 0 Å². The van der Waals surface area contributed by atoms with E-state index < -0.39 is 6.29 Å². The Balaban J connectivity index is 1.36. The van der Waals surface area contributed by atoms with Gasteiger partial charge in [0.05, 0.1) is 22.8 Å². The second-order valence-electron chi connectivity index (χ2n) is 11.4. The lowest BCUT2D eigenvalue weighted by Gasteiger charge is -2.30. The minimum absolute atomic E-state index is 0.189. The fourth-order valence-electron chi connectivity index (χ4n) is 7.06. The molecule has 3 aliphatic rings. The standard InChI is InChI=1S/C39H29N5/c1-4-14-26(15-5-1)37-40-38(27-16-6-2-7-17-27)42-39(41-37)44-34-23-13-11-21-30(34)32-25-24-31-29-20-10-12-22-33(29)43(35(31)36(32)44)28-18-8-3-9-19-28/h1-25,29,33,39H,(H,40,41,42). The van der Waals surface area contributed by atoms with Crippen LogP contribution in [0.2, 0.25) is 0 Å². The molecule has 1 aliphatic carbocycles. The largest absolute Gasteiger partial charge is 0.332 e. The fraction of sp³-hybridized carbons (Fsp3) is 0.0769. The lowest BCUT2D eigenvalue weighted by atomic mass is 9.91. The smallest absolute Gasteiger partial charge is 0.225 e. The molecule has 44 heavy (non-hydrogen) atoms. The van der Waals surface area contributed by atoms with E-state index in [4.69, 9.17) is 9.98 Å². The molecule has 5 nitrogen and oxygen atoms in total. The van der Waals surface area contributed by atoms with Crippen molar-refractivity contribution in [2.45, 2.75) is 18.2 Å². The van der Waals surface area contributed by atoms with Crippen molar-refractivity contribution in [2.24, 2.45) is 9.98 Å². The molecule has 0 amide bonds. The first kappa shape index (κ1) is 24.9. The van der Waals surface area contributed by atoms with Crippen LogP contribution in [0.4, 0.5) is 11.4 Å². The van der Waals surface area contributed by atoms with Gasteiger partial charge in [-0.25, -0.2) is 9.98 Å². The summed E-state index contributed by atoms with van der Waals surface area (Å²) in [7, 11) is 0. The zero-order valence-electron chi connectivity index (χ0n) is 24.0. The van der Waals surface area contributed by atoms with Crippen molar-refractivity contribution in [3.63, 3.8) is 0 Å². The fourth-order valence-corrected chi connectivity index (χ4v) is 7.06. The molecule has 2 unspecified atom stereocenters. The van der Waals surface area contributed by atoms with E-state index in [1.165, 1.54) is 27.7 Å². The highest BCUT2D eigenvalue weighted by molar-refractivity contribution is 6.17. The molecule has 3 heterocycles. The molecule has 5 heteroatoms. The molecule has 0 saturated carbocycles. The van der Waals surface area contributed by atoms with E-state index in [1.807, 2.05) is 12.1 Å². The lowest BCUT2D eigenvalue weighted by molar-refractivity contribution is 0.575. The van der Waals surface area contributed by atoms with Crippen LogP contribution in [0.1, 0.15) is 28.9 Å². The third kappa shape index (κ3) is 3.79. The van der Waals surface area contributed by atoms with Gasteiger partial charge in [-0.3, -0.25) is 4.57 Å². The predicted octanol–water partition coefficient (Wildman–Crippen LogP) is 8.48. The number of aliphatic imine (C=N–C) groups is 2. The third-order valence-electron chi connectivity index (χ3n) is 8.97. The number of hydrogen-bond donors (Lipinski definition) is 1. The average Bonchev–Trinajstić information content (AvgIpc) is 3.62. The number of anilines is 2. The molecule has 0 spiro atoms. The van der Waals surface area contributed by atoms with Crippen molar-refractivity contribution < 1.29 is 0 Å². The van der Waals surface area contributed by atoms with Crippen LogP contribution in [-0.4, -0.2) is 22.3 Å². The Kier molecular flexibility index (Phi) is 5.63. The first-order valence-electron chi connectivity index (χ1n) is 15.1. The predicted molar refractivity (Wildman–Crippen MR) is 181 cm³/mol. The van der Waals surface area contributed by atoms with Crippen molar-refractivity contribution in [3.8, 4) is 0 Å². The van der Waals surface area contributed by atoms with E-state index in [9.17, 15) is 0 Å². The molecule has 1 N–H and O–H groups in total. The number of fused-ring (bicyclic) bond motifs is 7. The molecule has 0 fully saturated rings. The van der Waals surface area contributed by atoms with Gasteiger partial charge in [0.25, 0.3) is 0 Å². The second kappa shape index (κ2) is 9.96. The summed E-state index contributed by atoms with van der Waals surface area (Å²) >= 11 is 0. The summed E-state index contributed by atoms with van der Waals surface area (Å²) < 4.78 is 2.36. The van der Waals surface area contributed by atoms with E-state index in [0.29, 0.717) is 0 Å². The van der Waals surface area contributed by atoms with E-state index >= 15 is 0 Å². The van der Waals surface area contributed by atoms with E-state index in [-0.39, 0.29) is 12.0 Å². The molecule has 1 aromatic heterocycles. The minimum Gasteiger partial charge on any atom is -0.332 e. The Morgan fingerprint density at radius 3 is 1.89 bits per heavy atom. The van der Waals surface area contributed by atoms with Crippen LogP contribution in [0.25, 0.3) is 21.8 Å². The highest BCUT2D eigenvalue weighted by Crippen LogP contribution is 2.52. The molecule has 2 aliphatic heterocycles. The maximum atomic E-state index is 5.32. The van der Waals surface area contributed by atoms with Gasteiger partial charge in [0.2, 0.25) is 6.29 Å². The van der Waals surface area contributed by atoms with Gasteiger partial charge in [-0.05, 0) is 23.8 Å². The number of allylic oxidation sites excluding steroid dienone is 2. The number of nitrogens with zero attached hydrogens (tertiary/aromatic N) is 4. The lowest BCUT2D eigenvalue weighted by Crippen LogP contribution is -2.37. The molecule has 0 radical (unpaired) electrons. The number of para-hydroxylation sites is 2. The maximum absolute atomic E-state index is 5.32. The Morgan fingerprint density at radius 2 is 1.18 bits per heavy atom. The summed E-state index contributed by atoms with van der Waals surface area (Å²) in [6.45, 7) is 0. The van der Waals surface area contributed by atoms with E-state index in [0.717, 1.165) is 33.8 Å². The zero-order valence-corrected chi connectivity index (χ0v) is 24.0. The Hall–Kier alpha value is -5.68. The SMILES string of the molecule is C1=CC2c3ccc4c5ccccc5n(C5N=C(c6ccccc6)NC(c6ccccc6)=N5)c4c3N(c3ccccc3)C2C=C1. The summed E-state index contributed by atoms with van der Waals surface area (Å²) in [6, 6.07) is 44.9. The molecule has 0 saturated heterocycles. The molecule has 5 aromatic carbocycles. The van der Waals surface area contributed by atoms with Gasteiger partial charge >= 0.3 is 0 Å². The highest BCUT2D eigenvalue weighted by atomic mass is 15.3. The summed E-state index contributed by atoms with van der Waals surface area (Å²) in [5.41, 5.74) is 8.05. The van der Waals surface area contributed by atoms with Crippen molar-refractivity contribution in [2.75, 3.05) is 4.90 Å². The van der Waals surface area contributed by atoms with Crippen LogP contribution in [0.5, 0.6) is 0 Å². The first-order chi connectivity index (χ1) is 21.8. The van der Waals surface area contributed by atoms with Gasteiger partial charge in [-0.15, -0.1) is 0 Å². The number of aromatic nitrogens is 1. The number of rotatable bonds is 4. The van der Waals surface area contributed by atoms with Crippen LogP contribution >= 0.6 is 0 Å². The van der Waals surface area contributed by atoms with Crippen LogP contribution in [-0.2, 0) is 0 Å². The van der Waals surface area contributed by atoms with Gasteiger partial charge in [0, 0.05) is 33.5 Å². The van der Waals surface area contributed by atoms with Crippen molar-refractivity contribution >= 4 is 44.9 Å². The van der Waals surface area contributed by atoms with E-state index in [1.54, 1.807) is 0 Å². The molecule has 2 atom stereocenters. The summed E-state index contributed by atoms with van der Waals surface area (Å²) in [5, 5.41) is 5.97. The van der Waals surface area contributed by atoms with Crippen molar-refractivity contribution in [3.05, 3.63) is 168 Å². The normalized spacial score (nSPS) is 19.0. The van der Waals surface area contributed by atoms with Gasteiger partial charge in [-0.2, -0.15) is 0 Å².